The fourth-order valence-electron chi connectivity index (χ4n) is 1.45. The molecule has 1 rings (SSSR count). The summed E-state index contributed by atoms with van der Waals surface area (Å²) in [5, 5.41) is 18.7. The molecule has 1 unspecified atom stereocenters. The van der Waals surface area contributed by atoms with Crippen LogP contribution in [-0.2, 0) is 6.42 Å². The van der Waals surface area contributed by atoms with Crippen LogP contribution in [-0.4, -0.2) is 35.6 Å². The Morgan fingerprint density at radius 2 is 2.06 bits per heavy atom. The lowest BCUT2D eigenvalue weighted by Gasteiger charge is -2.21. The van der Waals surface area contributed by atoms with Crippen molar-refractivity contribution in [3.63, 3.8) is 0 Å². The lowest BCUT2D eigenvalue weighted by molar-refractivity contribution is 0.0452. The van der Waals surface area contributed by atoms with Crippen molar-refractivity contribution < 1.29 is 14.9 Å². The molecular weight excluding hydrogens is 218 g/mol. The van der Waals surface area contributed by atoms with Crippen molar-refractivity contribution in [2.45, 2.75) is 25.4 Å². The molecule has 0 saturated heterocycles. The topological polar surface area (TPSA) is 75.7 Å². The average molecular weight is 239 g/mol. The van der Waals surface area contributed by atoms with E-state index < -0.39 is 5.60 Å². The number of hydrogen-bond acceptors (Lipinski definition) is 4. The summed E-state index contributed by atoms with van der Waals surface area (Å²) in [4.78, 5) is 0. The number of aliphatic hydroxyl groups is 2. The van der Waals surface area contributed by atoms with Crippen molar-refractivity contribution in [2.75, 3.05) is 19.8 Å². The molecule has 1 aromatic rings. The summed E-state index contributed by atoms with van der Waals surface area (Å²) in [6.07, 6.45) is 1.06. The van der Waals surface area contributed by atoms with E-state index in [9.17, 15) is 5.11 Å². The predicted molar refractivity (Wildman–Crippen MR) is 67.0 cm³/mol. The normalized spacial score (nSPS) is 14.4. The quantitative estimate of drug-likeness (QED) is 0.654. The van der Waals surface area contributed by atoms with Crippen molar-refractivity contribution in [2.24, 2.45) is 5.73 Å². The van der Waals surface area contributed by atoms with Gasteiger partial charge < -0.3 is 20.7 Å². The molecule has 0 aliphatic carbocycles. The molecule has 0 spiro atoms. The molecule has 1 atom stereocenters. The molecule has 1 aromatic carbocycles. The van der Waals surface area contributed by atoms with Crippen LogP contribution in [0.4, 0.5) is 0 Å². The van der Waals surface area contributed by atoms with E-state index in [2.05, 4.69) is 0 Å². The number of nitrogens with two attached hydrogens (primary N) is 1. The van der Waals surface area contributed by atoms with Crippen molar-refractivity contribution in [1.82, 2.24) is 0 Å². The average Bonchev–Trinajstić information content (AvgIpc) is 2.31. The van der Waals surface area contributed by atoms with Gasteiger partial charge in [0.2, 0.25) is 0 Å². The lowest BCUT2D eigenvalue weighted by Crippen LogP contribution is -2.35. The van der Waals surface area contributed by atoms with Crippen LogP contribution in [0, 0.1) is 0 Å². The highest BCUT2D eigenvalue weighted by molar-refractivity contribution is 5.33. The molecule has 0 aliphatic heterocycles. The molecule has 0 bridgehead atoms. The van der Waals surface area contributed by atoms with Gasteiger partial charge in [0.1, 0.15) is 5.75 Å². The number of benzene rings is 1. The van der Waals surface area contributed by atoms with Crippen LogP contribution >= 0.6 is 0 Å². The molecule has 4 heteroatoms. The van der Waals surface area contributed by atoms with Gasteiger partial charge in [-0.05, 0) is 25.0 Å². The minimum Gasteiger partial charge on any atom is -0.493 e. The van der Waals surface area contributed by atoms with Crippen LogP contribution in [0.3, 0.4) is 0 Å². The SMILES string of the molecule is CC(O)(CN)CCOc1ccccc1CCO. The first-order chi connectivity index (χ1) is 8.09. The fraction of sp³-hybridized carbons (Fsp3) is 0.538. The number of ether oxygens (including phenoxy) is 1. The van der Waals surface area contributed by atoms with E-state index >= 15 is 0 Å². The predicted octanol–water partition coefficient (Wildman–Crippen LogP) is 0.700. The Hall–Kier alpha value is -1.10. The molecule has 4 nitrogen and oxygen atoms in total. The monoisotopic (exact) mass is 239 g/mol. The van der Waals surface area contributed by atoms with E-state index in [0.29, 0.717) is 19.4 Å². The first-order valence-corrected chi connectivity index (χ1v) is 5.83. The Kier molecular flexibility index (Phi) is 5.41. The summed E-state index contributed by atoms with van der Waals surface area (Å²) in [5.41, 5.74) is 5.52. The molecule has 0 amide bonds. The first-order valence-electron chi connectivity index (χ1n) is 5.83. The van der Waals surface area contributed by atoms with Crippen molar-refractivity contribution in [3.05, 3.63) is 29.8 Å². The number of aliphatic hydroxyl groups excluding tert-OH is 1. The van der Waals surface area contributed by atoms with Gasteiger partial charge in [-0.3, -0.25) is 0 Å². The summed E-state index contributed by atoms with van der Waals surface area (Å²) in [6, 6.07) is 7.58. The third-order valence-corrected chi connectivity index (χ3v) is 2.69. The Morgan fingerprint density at radius 3 is 2.71 bits per heavy atom. The summed E-state index contributed by atoms with van der Waals surface area (Å²) in [7, 11) is 0. The van der Waals surface area contributed by atoms with E-state index in [0.717, 1.165) is 11.3 Å². The minimum atomic E-state index is -0.883. The van der Waals surface area contributed by atoms with Gasteiger partial charge >= 0.3 is 0 Å². The summed E-state index contributed by atoms with van der Waals surface area (Å²) < 4.78 is 5.60. The van der Waals surface area contributed by atoms with Crippen LogP contribution in [0.15, 0.2) is 24.3 Å². The molecule has 4 N–H and O–H groups in total. The minimum absolute atomic E-state index is 0.0981. The summed E-state index contributed by atoms with van der Waals surface area (Å²) in [6.45, 7) is 2.41. The second kappa shape index (κ2) is 6.59. The van der Waals surface area contributed by atoms with E-state index in [1.54, 1.807) is 6.92 Å². The van der Waals surface area contributed by atoms with Crippen LogP contribution in [0.25, 0.3) is 0 Å². The summed E-state index contributed by atoms with van der Waals surface area (Å²) >= 11 is 0. The van der Waals surface area contributed by atoms with Gasteiger partial charge in [-0.1, -0.05) is 18.2 Å². The van der Waals surface area contributed by atoms with Crippen molar-refractivity contribution in [3.8, 4) is 5.75 Å². The zero-order valence-electron chi connectivity index (χ0n) is 10.2. The Morgan fingerprint density at radius 1 is 1.35 bits per heavy atom. The third kappa shape index (κ3) is 4.73. The maximum atomic E-state index is 9.73. The molecule has 0 aromatic heterocycles. The zero-order valence-corrected chi connectivity index (χ0v) is 10.2. The van der Waals surface area contributed by atoms with Gasteiger partial charge in [0.05, 0.1) is 12.2 Å². The van der Waals surface area contributed by atoms with Crippen LogP contribution in [0.2, 0.25) is 0 Å². The lowest BCUT2D eigenvalue weighted by atomic mass is 10.0. The molecule has 0 saturated carbocycles. The number of para-hydroxylation sites is 1. The van der Waals surface area contributed by atoms with Crippen LogP contribution in [0.5, 0.6) is 5.75 Å². The van der Waals surface area contributed by atoms with E-state index in [-0.39, 0.29) is 13.2 Å². The maximum Gasteiger partial charge on any atom is 0.122 e. The van der Waals surface area contributed by atoms with Crippen LogP contribution in [0.1, 0.15) is 18.9 Å². The maximum absolute atomic E-state index is 9.73. The Bertz CT molecular complexity index is 339. The third-order valence-electron chi connectivity index (χ3n) is 2.69. The summed E-state index contributed by atoms with van der Waals surface area (Å²) in [5.74, 6) is 0.759. The van der Waals surface area contributed by atoms with E-state index in [1.165, 1.54) is 0 Å². The highest BCUT2D eigenvalue weighted by atomic mass is 16.5. The van der Waals surface area contributed by atoms with Crippen LogP contribution < -0.4 is 10.5 Å². The highest BCUT2D eigenvalue weighted by Crippen LogP contribution is 2.19. The Balaban J connectivity index is 2.51. The molecule has 0 aliphatic rings. The smallest absolute Gasteiger partial charge is 0.122 e. The van der Waals surface area contributed by atoms with Gasteiger partial charge in [-0.25, -0.2) is 0 Å². The molecule has 0 radical (unpaired) electrons. The fourth-order valence-corrected chi connectivity index (χ4v) is 1.45. The first kappa shape index (κ1) is 14.0. The molecule has 0 fully saturated rings. The number of rotatable bonds is 7. The van der Waals surface area contributed by atoms with E-state index in [4.69, 9.17) is 15.6 Å². The molecule has 0 heterocycles. The standard InChI is InChI=1S/C13H21NO3/c1-13(16,10-14)7-9-17-12-5-3-2-4-11(12)6-8-15/h2-5,15-16H,6-10,14H2,1H3. The van der Waals surface area contributed by atoms with Crippen molar-refractivity contribution in [1.29, 1.82) is 0 Å². The largest absolute Gasteiger partial charge is 0.493 e. The molecular formula is C13H21NO3. The Labute approximate surface area is 102 Å². The zero-order chi connectivity index (χ0) is 12.7. The van der Waals surface area contributed by atoms with Crippen molar-refractivity contribution >= 4 is 0 Å². The molecule has 96 valence electrons. The second-order valence-electron chi connectivity index (χ2n) is 4.38. The number of hydrogen-bond donors (Lipinski definition) is 3. The van der Waals surface area contributed by atoms with Gasteiger partial charge in [-0.2, -0.15) is 0 Å². The van der Waals surface area contributed by atoms with Gasteiger partial charge in [0, 0.05) is 19.6 Å². The van der Waals surface area contributed by atoms with Gasteiger partial charge in [0.25, 0.3) is 0 Å². The highest BCUT2D eigenvalue weighted by Gasteiger charge is 2.17. The van der Waals surface area contributed by atoms with Gasteiger partial charge in [0.15, 0.2) is 0 Å². The van der Waals surface area contributed by atoms with E-state index in [1.807, 2.05) is 24.3 Å². The van der Waals surface area contributed by atoms with Gasteiger partial charge in [-0.15, -0.1) is 0 Å². The second-order valence-corrected chi connectivity index (χ2v) is 4.38. The molecule has 17 heavy (non-hydrogen) atoms.